The number of halogens is 5. The molecule has 0 amide bonds. The molecule has 4 aromatic carbocycles. The molecular formula is C86H78F5N21O4. The van der Waals surface area contributed by atoms with E-state index >= 15 is 0 Å². The van der Waals surface area contributed by atoms with E-state index in [0.29, 0.717) is 115 Å². The van der Waals surface area contributed by atoms with Gasteiger partial charge in [0.1, 0.15) is 74.7 Å². The Kier molecular flexibility index (Phi) is 20.6. The molecule has 0 radical (unpaired) electrons. The molecule has 4 aliphatic heterocycles. The van der Waals surface area contributed by atoms with Crippen LogP contribution in [0.1, 0.15) is 92.7 Å². The fraction of sp³-hybridized carbons (Fsp3) is 0.233. The van der Waals surface area contributed by atoms with Gasteiger partial charge in [-0.05, 0) is 121 Å². The molecule has 0 saturated carbocycles. The van der Waals surface area contributed by atoms with Crippen LogP contribution in [0.5, 0.6) is 23.0 Å². The van der Waals surface area contributed by atoms with Crippen LogP contribution in [0.15, 0.2) is 172 Å². The summed E-state index contributed by atoms with van der Waals surface area (Å²) in [6.45, 7) is 17.5. The van der Waals surface area contributed by atoms with E-state index < -0.39 is 5.82 Å². The summed E-state index contributed by atoms with van der Waals surface area (Å²) in [6.07, 6.45) is 31.1. The average Bonchev–Trinajstić information content (AvgIpc) is 1.61. The molecule has 116 heavy (non-hydrogen) atoms. The van der Waals surface area contributed by atoms with Gasteiger partial charge in [-0.2, -0.15) is 5.10 Å². The van der Waals surface area contributed by atoms with Crippen LogP contribution in [0.2, 0.25) is 0 Å². The zero-order chi connectivity index (χ0) is 79.8. The smallest absolute Gasteiger partial charge is 0.208 e. The quantitative estimate of drug-likeness (QED) is 0.0617. The molecule has 20 rings (SSSR count). The van der Waals surface area contributed by atoms with Crippen LogP contribution in [0.3, 0.4) is 0 Å². The van der Waals surface area contributed by atoms with Crippen LogP contribution < -0.4 is 40.2 Å². The van der Waals surface area contributed by atoms with E-state index in [2.05, 4.69) is 95.0 Å². The maximum absolute atomic E-state index is 14.5. The van der Waals surface area contributed by atoms with Crippen LogP contribution in [0.25, 0.3) is 67.1 Å². The number of fused-ring (bicyclic) bond motifs is 8. The summed E-state index contributed by atoms with van der Waals surface area (Å²) in [5.74, 6) is 3.97. The van der Waals surface area contributed by atoms with Crippen molar-refractivity contribution in [2.45, 2.75) is 106 Å². The molecule has 0 saturated heterocycles. The molecular weight excluding hydrogens is 1490 g/mol. The van der Waals surface area contributed by atoms with E-state index in [0.717, 1.165) is 149 Å². The number of anilines is 4. The fourth-order valence-corrected chi connectivity index (χ4v) is 15.0. The van der Waals surface area contributed by atoms with E-state index in [9.17, 15) is 22.0 Å². The first-order valence-corrected chi connectivity index (χ1v) is 38.0. The number of aryl methyl sites for hydroxylation is 5. The molecule has 0 spiro atoms. The monoisotopic (exact) mass is 1560 g/mol. The molecule has 4 aliphatic rings. The summed E-state index contributed by atoms with van der Waals surface area (Å²) < 4.78 is 103. The Morgan fingerprint density at radius 2 is 0.741 bits per heavy atom. The highest BCUT2D eigenvalue weighted by atomic mass is 19.1. The topological polar surface area (TPSA) is 262 Å². The van der Waals surface area contributed by atoms with Crippen molar-refractivity contribution in [2.24, 2.45) is 0 Å². The Labute approximate surface area is 661 Å². The molecule has 586 valence electrons. The molecule has 4 N–H and O–H groups in total. The molecule has 25 nitrogen and oxygen atoms in total. The minimum Gasteiger partial charge on any atom is -0.493 e. The number of aromatic nitrogens is 17. The van der Waals surface area contributed by atoms with Gasteiger partial charge in [-0.25, -0.2) is 61.8 Å². The number of benzene rings is 4. The summed E-state index contributed by atoms with van der Waals surface area (Å²) >= 11 is 0. The molecule has 16 aromatic rings. The van der Waals surface area contributed by atoms with Gasteiger partial charge in [-0.15, -0.1) is 0 Å². The average molecular weight is 1560 g/mol. The third-order valence-corrected chi connectivity index (χ3v) is 20.7. The molecule has 12 aromatic heterocycles. The zero-order valence-electron chi connectivity index (χ0n) is 64.4. The maximum Gasteiger partial charge on any atom is 0.208 e. The van der Waals surface area contributed by atoms with Gasteiger partial charge in [0.2, 0.25) is 23.8 Å². The van der Waals surface area contributed by atoms with Crippen molar-refractivity contribution in [3.05, 3.63) is 274 Å². The Bertz CT molecular complexity index is 6420. The number of hydrogen-bond acceptors (Lipinski definition) is 20. The van der Waals surface area contributed by atoms with Gasteiger partial charge in [-0.3, -0.25) is 37.2 Å². The second-order valence-corrected chi connectivity index (χ2v) is 28.7. The van der Waals surface area contributed by atoms with E-state index in [1.165, 1.54) is 30.3 Å². The Balaban J connectivity index is 0.000000111. The van der Waals surface area contributed by atoms with Gasteiger partial charge in [0.05, 0.1) is 61.6 Å². The highest BCUT2D eigenvalue weighted by molar-refractivity contribution is 5.82. The van der Waals surface area contributed by atoms with E-state index in [4.69, 9.17) is 18.9 Å². The SMILES string of the molecule is Cc1cn2c(NCc3c(F)ccc4c3CCO4)ncc(-c3cccnc3)c2n1.Cc1cn2c(NCc3c(F)ccc4c3CCO4)ncc(-c3cncc(F)c3)c2n1.Cc1cn2c(NCc3c(F)ccc4c3CCO4)ncc(-c3cnccc3C)c2n1.Cc1cn2c(NCc3c(F)ccc4c3CCO4)ncc(-c3cnn(C(C)C)c3)c2n1. The molecule has 0 fully saturated rings. The third kappa shape index (κ3) is 15.0. The van der Waals surface area contributed by atoms with Crippen LogP contribution in [0.4, 0.5) is 45.7 Å². The van der Waals surface area contributed by atoms with Gasteiger partial charge in [0, 0.05) is 234 Å². The lowest BCUT2D eigenvalue weighted by Crippen LogP contribution is -2.09. The van der Waals surface area contributed by atoms with Crippen molar-refractivity contribution < 1.29 is 40.9 Å². The van der Waals surface area contributed by atoms with Gasteiger partial charge in [-0.1, -0.05) is 6.07 Å². The van der Waals surface area contributed by atoms with Gasteiger partial charge < -0.3 is 40.2 Å². The lowest BCUT2D eigenvalue weighted by molar-refractivity contribution is 0.356. The first kappa shape index (κ1) is 74.8. The van der Waals surface area contributed by atoms with Crippen LogP contribution in [0, 0.1) is 63.7 Å². The van der Waals surface area contributed by atoms with Crippen molar-refractivity contribution in [3.63, 3.8) is 0 Å². The highest BCUT2D eigenvalue weighted by Gasteiger charge is 2.27. The number of ether oxygens (including phenoxy) is 4. The summed E-state index contributed by atoms with van der Waals surface area (Å²) in [6, 6.07) is 20.0. The van der Waals surface area contributed by atoms with Crippen molar-refractivity contribution >= 4 is 46.4 Å². The second-order valence-electron chi connectivity index (χ2n) is 28.7. The number of imidazole rings is 4. The first-order chi connectivity index (χ1) is 56.4. The predicted molar refractivity (Wildman–Crippen MR) is 429 cm³/mol. The van der Waals surface area contributed by atoms with Crippen molar-refractivity contribution in [2.75, 3.05) is 47.7 Å². The Morgan fingerprint density at radius 1 is 0.371 bits per heavy atom. The number of nitrogens with zero attached hydrogens (tertiary/aromatic N) is 17. The second kappa shape index (κ2) is 31.9. The lowest BCUT2D eigenvalue weighted by Gasteiger charge is -2.13. The van der Waals surface area contributed by atoms with Crippen molar-refractivity contribution in [3.8, 4) is 67.5 Å². The van der Waals surface area contributed by atoms with Crippen molar-refractivity contribution in [1.82, 2.24) is 82.2 Å². The van der Waals surface area contributed by atoms with Gasteiger partial charge in [0.25, 0.3) is 0 Å². The standard InChI is InChI=1S/C22H23FN6O.C22H20FN5O.C21H17F2N5O.C21H18FN5O/c1-13(2)29-12-15(8-26-29)17-9-24-22(28-11-14(3)27-21(17)28)25-10-18-16-6-7-30-20(16)5-4-19(18)23;1-13-5-7-24-9-16(13)18-11-26-22(28-12-14(2)27-21(18)28)25-10-17-15-6-8-29-20(15)4-3-19(17)23;1-12-11-28-20(27-12)16(13-6-14(22)8-24-7-13)9-25-21(28)26-10-17-15-4-5-29-19(15)3-2-18(17)23;1-13-12-27-20(26-13)16(14-3-2-7-23-9-14)10-24-21(27)25-11-17-15-6-8-28-19(15)5-4-18(17)22/h4-5,8-9,11-13H,6-7,10H2,1-3H3,(H,24,25);3-5,7,9,11-12H,6,8,10H2,1-2H3,(H,25,26);2-3,6-9,11H,4-5,10H2,1H3,(H,25,26);2-5,7,9-10,12H,6,8,11H2,1H3,(H,24,25). The lowest BCUT2D eigenvalue weighted by atomic mass is 10.0. The summed E-state index contributed by atoms with van der Waals surface area (Å²) in [7, 11) is 0. The Hall–Kier alpha value is -13.9. The molecule has 30 heteroatoms. The van der Waals surface area contributed by atoms with Gasteiger partial charge >= 0.3 is 0 Å². The van der Waals surface area contributed by atoms with Crippen LogP contribution in [-0.4, -0.2) is 109 Å². The van der Waals surface area contributed by atoms with E-state index in [1.807, 2.05) is 114 Å². The minimum atomic E-state index is -0.429. The molecule has 0 atom stereocenters. The summed E-state index contributed by atoms with van der Waals surface area (Å²) in [5, 5.41) is 17.5. The molecule has 0 unspecified atom stereocenters. The molecule has 16 heterocycles. The van der Waals surface area contributed by atoms with Crippen molar-refractivity contribution in [1.29, 1.82) is 0 Å². The molecule has 0 aliphatic carbocycles. The number of nitrogens with one attached hydrogen (secondary N) is 4. The normalized spacial score (nSPS) is 12.9. The van der Waals surface area contributed by atoms with Crippen LogP contribution in [-0.2, 0) is 51.9 Å². The first-order valence-electron chi connectivity index (χ1n) is 38.0. The largest absolute Gasteiger partial charge is 0.493 e. The number of hydrogen-bond donors (Lipinski definition) is 4. The highest BCUT2D eigenvalue weighted by Crippen LogP contribution is 2.38. The summed E-state index contributed by atoms with van der Waals surface area (Å²) in [5.41, 5.74) is 20.5. The number of rotatable bonds is 17. The Morgan fingerprint density at radius 3 is 1.11 bits per heavy atom. The fourth-order valence-electron chi connectivity index (χ4n) is 15.0. The summed E-state index contributed by atoms with van der Waals surface area (Å²) in [4.78, 5) is 49.1. The maximum atomic E-state index is 14.5. The van der Waals surface area contributed by atoms with Gasteiger partial charge in [0.15, 0.2) is 0 Å². The molecule has 0 bridgehead atoms. The van der Waals surface area contributed by atoms with Crippen LogP contribution >= 0.6 is 0 Å². The number of pyridine rings is 3. The van der Waals surface area contributed by atoms with E-state index in [-0.39, 0.29) is 35.9 Å². The van der Waals surface area contributed by atoms with E-state index in [1.54, 1.807) is 78.2 Å². The predicted octanol–water partition coefficient (Wildman–Crippen LogP) is 16.0. The third-order valence-electron chi connectivity index (χ3n) is 20.7. The minimum absolute atomic E-state index is 0.234. The zero-order valence-corrected chi connectivity index (χ0v) is 64.4.